The van der Waals surface area contributed by atoms with Crippen LogP contribution < -0.4 is 0 Å². The van der Waals surface area contributed by atoms with Crippen LogP contribution in [0, 0.1) is 6.92 Å². The largest absolute Gasteiger partial charge is 0.391 e. The van der Waals surface area contributed by atoms with Crippen LogP contribution in [-0.4, -0.2) is 10.1 Å². The fourth-order valence-electron chi connectivity index (χ4n) is 1.35. The molecule has 2 aromatic rings. The molecule has 1 aromatic heterocycles. The highest BCUT2D eigenvalue weighted by Gasteiger charge is 2.03. The first-order valence-electron chi connectivity index (χ1n) is 5.02. The van der Waals surface area contributed by atoms with Crippen molar-refractivity contribution in [3.63, 3.8) is 0 Å². The fourth-order valence-corrected chi connectivity index (χ4v) is 3.16. The minimum absolute atomic E-state index is 0.0900. The summed E-state index contributed by atoms with van der Waals surface area (Å²) in [5.41, 5.74) is 1.30. The minimum atomic E-state index is 0.0900. The maximum Gasteiger partial charge on any atom is 0.103 e. The topological polar surface area (TPSA) is 33.1 Å². The quantitative estimate of drug-likeness (QED) is 0.847. The van der Waals surface area contributed by atoms with Crippen LogP contribution in [0.1, 0.15) is 15.4 Å². The van der Waals surface area contributed by atoms with Gasteiger partial charge in [0, 0.05) is 11.1 Å². The van der Waals surface area contributed by atoms with Crippen molar-refractivity contribution in [1.82, 2.24) is 4.98 Å². The Balaban J connectivity index is 1.99. The summed E-state index contributed by atoms with van der Waals surface area (Å²) in [6.45, 7) is 2.20. The highest BCUT2D eigenvalue weighted by atomic mass is 32.2. The fraction of sp³-hybridized carbons (Fsp3) is 0.250. The maximum atomic E-state index is 8.94. The molecule has 0 bridgehead atoms. The molecule has 16 heavy (non-hydrogen) atoms. The van der Waals surface area contributed by atoms with Crippen LogP contribution in [0.15, 0.2) is 35.4 Å². The predicted molar refractivity (Wildman–Crippen MR) is 68.8 cm³/mol. The average molecular weight is 251 g/mol. The third-order valence-corrected chi connectivity index (χ3v) is 4.55. The summed E-state index contributed by atoms with van der Waals surface area (Å²) in [5.74, 6) is 0.871. The predicted octanol–water partition coefficient (Wildman–Crippen LogP) is 3.24. The Morgan fingerprint density at radius 3 is 2.88 bits per heavy atom. The van der Waals surface area contributed by atoms with Crippen LogP contribution >= 0.6 is 23.1 Å². The maximum absolute atomic E-state index is 8.94. The SMILES string of the molecule is Cc1ccccc1SCc1ncc(CO)s1. The van der Waals surface area contributed by atoms with Crippen molar-refractivity contribution in [2.45, 2.75) is 24.2 Å². The minimum Gasteiger partial charge on any atom is -0.391 e. The zero-order chi connectivity index (χ0) is 11.4. The summed E-state index contributed by atoms with van der Waals surface area (Å²) >= 11 is 3.37. The third-order valence-electron chi connectivity index (χ3n) is 2.20. The van der Waals surface area contributed by atoms with E-state index in [1.165, 1.54) is 10.5 Å². The highest BCUT2D eigenvalue weighted by molar-refractivity contribution is 7.98. The van der Waals surface area contributed by atoms with Gasteiger partial charge in [-0.2, -0.15) is 0 Å². The number of aromatic nitrogens is 1. The molecule has 2 nitrogen and oxygen atoms in total. The van der Waals surface area contributed by atoms with Gasteiger partial charge < -0.3 is 5.11 Å². The van der Waals surface area contributed by atoms with Gasteiger partial charge in [-0.15, -0.1) is 23.1 Å². The van der Waals surface area contributed by atoms with Gasteiger partial charge in [-0.25, -0.2) is 4.98 Å². The Hall–Kier alpha value is -0.840. The Morgan fingerprint density at radius 2 is 2.19 bits per heavy atom. The first-order chi connectivity index (χ1) is 7.79. The van der Waals surface area contributed by atoms with E-state index in [1.807, 2.05) is 6.07 Å². The van der Waals surface area contributed by atoms with E-state index in [0.717, 1.165) is 15.6 Å². The van der Waals surface area contributed by atoms with Crippen LogP contribution in [0.5, 0.6) is 0 Å². The van der Waals surface area contributed by atoms with Gasteiger partial charge in [0.15, 0.2) is 0 Å². The smallest absolute Gasteiger partial charge is 0.103 e. The van der Waals surface area contributed by atoms with Crippen molar-refractivity contribution in [2.75, 3.05) is 0 Å². The van der Waals surface area contributed by atoms with Gasteiger partial charge in [0.25, 0.3) is 0 Å². The number of aliphatic hydroxyl groups is 1. The van der Waals surface area contributed by atoms with Gasteiger partial charge in [0.1, 0.15) is 5.01 Å². The summed E-state index contributed by atoms with van der Waals surface area (Å²) < 4.78 is 0. The number of nitrogens with zero attached hydrogens (tertiary/aromatic N) is 1. The molecule has 1 heterocycles. The van der Waals surface area contributed by atoms with Crippen LogP contribution in [-0.2, 0) is 12.4 Å². The van der Waals surface area contributed by atoms with E-state index in [0.29, 0.717) is 0 Å². The van der Waals surface area contributed by atoms with Crippen LogP contribution in [0.4, 0.5) is 0 Å². The molecule has 1 N–H and O–H groups in total. The van der Waals surface area contributed by atoms with Crippen LogP contribution in [0.25, 0.3) is 0 Å². The van der Waals surface area contributed by atoms with Crippen molar-refractivity contribution < 1.29 is 5.11 Å². The van der Waals surface area contributed by atoms with Crippen molar-refractivity contribution in [3.05, 3.63) is 45.9 Å². The number of aryl methyl sites for hydroxylation is 1. The number of thiazole rings is 1. The molecule has 0 aliphatic rings. The first-order valence-corrected chi connectivity index (χ1v) is 6.82. The zero-order valence-electron chi connectivity index (χ0n) is 9.01. The van der Waals surface area contributed by atoms with Crippen molar-refractivity contribution in [2.24, 2.45) is 0 Å². The molecule has 2 rings (SSSR count). The van der Waals surface area contributed by atoms with Gasteiger partial charge in [-0.3, -0.25) is 0 Å². The second-order valence-electron chi connectivity index (χ2n) is 3.43. The molecule has 0 spiro atoms. The third kappa shape index (κ3) is 2.84. The molecule has 0 atom stereocenters. The summed E-state index contributed by atoms with van der Waals surface area (Å²) in [4.78, 5) is 6.50. The lowest BCUT2D eigenvalue weighted by molar-refractivity contribution is 0.285. The molecule has 4 heteroatoms. The van der Waals surface area contributed by atoms with Crippen LogP contribution in [0.2, 0.25) is 0 Å². The molecule has 0 fully saturated rings. The lowest BCUT2D eigenvalue weighted by Crippen LogP contribution is -1.81. The molecule has 1 aromatic carbocycles. The van der Waals surface area contributed by atoms with Gasteiger partial charge in [-0.05, 0) is 18.6 Å². The molecule has 0 radical (unpaired) electrons. The highest BCUT2D eigenvalue weighted by Crippen LogP contribution is 2.27. The van der Waals surface area contributed by atoms with Gasteiger partial charge >= 0.3 is 0 Å². The van der Waals surface area contributed by atoms with Gasteiger partial charge in [0.05, 0.1) is 17.2 Å². The Morgan fingerprint density at radius 1 is 1.38 bits per heavy atom. The van der Waals surface area contributed by atoms with E-state index >= 15 is 0 Å². The first kappa shape index (κ1) is 11.6. The molecule has 0 saturated carbocycles. The number of aliphatic hydroxyl groups excluding tert-OH is 1. The van der Waals surface area contributed by atoms with E-state index in [4.69, 9.17) is 5.11 Å². The second-order valence-corrected chi connectivity index (χ2v) is 5.65. The number of hydrogen-bond donors (Lipinski definition) is 1. The zero-order valence-corrected chi connectivity index (χ0v) is 10.6. The summed E-state index contributed by atoms with van der Waals surface area (Å²) in [5, 5.41) is 10.0. The van der Waals surface area contributed by atoms with E-state index < -0.39 is 0 Å². The molecular weight excluding hydrogens is 238 g/mol. The number of rotatable bonds is 4. The van der Waals surface area contributed by atoms with Crippen LogP contribution in [0.3, 0.4) is 0 Å². The number of benzene rings is 1. The van der Waals surface area contributed by atoms with E-state index in [-0.39, 0.29) is 6.61 Å². The van der Waals surface area contributed by atoms with Crippen molar-refractivity contribution in [3.8, 4) is 0 Å². The number of thioether (sulfide) groups is 1. The standard InChI is InChI=1S/C12H13NOS2/c1-9-4-2-3-5-11(9)15-8-12-13-6-10(7-14)16-12/h2-6,14H,7-8H2,1H3. The Kier molecular flexibility index (Phi) is 3.98. The normalized spacial score (nSPS) is 10.6. The van der Waals surface area contributed by atoms with E-state index in [2.05, 4.69) is 30.1 Å². The van der Waals surface area contributed by atoms with E-state index in [9.17, 15) is 0 Å². The molecule has 0 unspecified atom stereocenters. The number of hydrogen-bond acceptors (Lipinski definition) is 4. The second kappa shape index (κ2) is 5.48. The average Bonchev–Trinajstić information content (AvgIpc) is 2.76. The monoisotopic (exact) mass is 251 g/mol. The van der Waals surface area contributed by atoms with Gasteiger partial charge in [-0.1, -0.05) is 18.2 Å². The molecule has 0 aliphatic heterocycles. The molecule has 0 aliphatic carbocycles. The van der Waals surface area contributed by atoms with Crippen molar-refractivity contribution >= 4 is 23.1 Å². The van der Waals surface area contributed by atoms with Gasteiger partial charge in [0.2, 0.25) is 0 Å². The van der Waals surface area contributed by atoms with E-state index in [1.54, 1.807) is 29.3 Å². The molecule has 0 saturated heterocycles. The molecule has 84 valence electrons. The lowest BCUT2D eigenvalue weighted by atomic mass is 10.2. The summed E-state index contributed by atoms with van der Waals surface area (Å²) in [6, 6.07) is 8.34. The lowest BCUT2D eigenvalue weighted by Gasteiger charge is -2.02. The van der Waals surface area contributed by atoms with Crippen molar-refractivity contribution in [1.29, 1.82) is 0 Å². The Labute approximate surface area is 103 Å². The molecular formula is C12H13NOS2. The summed E-state index contributed by atoms with van der Waals surface area (Å²) in [6.07, 6.45) is 1.75. The Bertz CT molecular complexity index is 468. The summed E-state index contributed by atoms with van der Waals surface area (Å²) in [7, 11) is 0. The molecule has 0 amide bonds.